The van der Waals surface area contributed by atoms with Gasteiger partial charge in [0.25, 0.3) is 0 Å². The Labute approximate surface area is 113 Å². The average Bonchev–Trinajstić information content (AvgIpc) is 2.42. The molecule has 1 unspecified atom stereocenters. The highest BCUT2D eigenvalue weighted by molar-refractivity contribution is 6.05. The third-order valence-corrected chi connectivity index (χ3v) is 3.72. The summed E-state index contributed by atoms with van der Waals surface area (Å²) < 4.78 is 4.86. The van der Waals surface area contributed by atoms with Crippen LogP contribution in [0.1, 0.15) is 47.2 Å². The van der Waals surface area contributed by atoms with Gasteiger partial charge in [0.2, 0.25) is 0 Å². The normalized spacial score (nSPS) is 16.9. The molecule has 3 nitrogen and oxygen atoms in total. The summed E-state index contributed by atoms with van der Waals surface area (Å²) in [5, 5.41) is 0. The Balaban J connectivity index is 2.18. The first-order chi connectivity index (χ1) is 9.09. The lowest BCUT2D eigenvalue weighted by molar-refractivity contribution is 0.104. The van der Waals surface area contributed by atoms with Gasteiger partial charge in [-0.2, -0.15) is 0 Å². The average molecular weight is 259 g/mol. The minimum atomic E-state index is -0.551. The van der Waals surface area contributed by atoms with Crippen molar-refractivity contribution in [2.75, 3.05) is 0 Å². The summed E-state index contributed by atoms with van der Waals surface area (Å²) in [7, 11) is 0. The molecule has 1 aliphatic carbocycles. The molecule has 101 valence electrons. The van der Waals surface area contributed by atoms with Crippen LogP contribution in [0.5, 0.6) is 0 Å². The lowest BCUT2D eigenvalue weighted by atomic mass is 9.88. The predicted molar refractivity (Wildman–Crippen MR) is 74.2 cm³/mol. The molecular weight excluding hydrogens is 240 g/mol. The van der Waals surface area contributed by atoms with Crippen LogP contribution in [0.15, 0.2) is 27.6 Å². The molecule has 1 aromatic heterocycles. The maximum absolute atomic E-state index is 12.1. The van der Waals surface area contributed by atoms with Crippen LogP contribution in [-0.2, 0) is 0 Å². The van der Waals surface area contributed by atoms with Crippen LogP contribution in [0.4, 0.5) is 0 Å². The number of allylic oxidation sites excluding steroid dienone is 2. The van der Waals surface area contributed by atoms with E-state index in [1.54, 1.807) is 6.92 Å². The summed E-state index contributed by atoms with van der Waals surface area (Å²) in [6, 6.07) is 0. The standard InChI is InChI=1S/C16H19O3/c1-11-10-19-16(18)15(12(11)2)14(17)9-8-13-6-4-3-5-7-13/h6,8-10,13H,3-5,7H2,1-2H3/b9-8+. The second-order valence-electron chi connectivity index (χ2n) is 5.11. The van der Waals surface area contributed by atoms with Gasteiger partial charge in [0.15, 0.2) is 5.78 Å². The molecule has 1 fully saturated rings. The maximum atomic E-state index is 12.1. The van der Waals surface area contributed by atoms with Gasteiger partial charge in [0.1, 0.15) is 5.56 Å². The number of carbonyl (C=O) groups excluding carboxylic acids is 1. The van der Waals surface area contributed by atoms with Crippen LogP contribution in [0.2, 0.25) is 0 Å². The molecule has 0 bridgehead atoms. The van der Waals surface area contributed by atoms with E-state index in [4.69, 9.17) is 4.42 Å². The smallest absolute Gasteiger partial charge is 0.347 e. The fourth-order valence-corrected chi connectivity index (χ4v) is 2.37. The minimum Gasteiger partial charge on any atom is -0.430 e. The van der Waals surface area contributed by atoms with E-state index in [-0.39, 0.29) is 11.3 Å². The monoisotopic (exact) mass is 259 g/mol. The van der Waals surface area contributed by atoms with Crippen LogP contribution < -0.4 is 5.63 Å². The quantitative estimate of drug-likeness (QED) is 0.617. The Morgan fingerprint density at radius 1 is 1.37 bits per heavy atom. The topological polar surface area (TPSA) is 47.3 Å². The number of aryl methyl sites for hydroxylation is 1. The van der Waals surface area contributed by atoms with Crippen molar-refractivity contribution >= 4 is 5.78 Å². The van der Waals surface area contributed by atoms with Crippen molar-refractivity contribution in [3.63, 3.8) is 0 Å². The summed E-state index contributed by atoms with van der Waals surface area (Å²) >= 11 is 0. The zero-order chi connectivity index (χ0) is 13.8. The van der Waals surface area contributed by atoms with E-state index in [1.807, 2.05) is 13.0 Å². The van der Waals surface area contributed by atoms with Gasteiger partial charge in [0.05, 0.1) is 6.26 Å². The largest absolute Gasteiger partial charge is 0.430 e. The fraction of sp³-hybridized carbons (Fsp3) is 0.438. The van der Waals surface area contributed by atoms with E-state index in [2.05, 4.69) is 6.42 Å². The summed E-state index contributed by atoms with van der Waals surface area (Å²) in [6.07, 6.45) is 11.7. The molecule has 0 N–H and O–H groups in total. The highest BCUT2D eigenvalue weighted by Gasteiger charge is 2.16. The molecular formula is C16H19O3. The molecule has 0 saturated heterocycles. The first kappa shape index (κ1) is 13.8. The zero-order valence-corrected chi connectivity index (χ0v) is 11.4. The fourth-order valence-electron chi connectivity index (χ4n) is 2.37. The van der Waals surface area contributed by atoms with Gasteiger partial charge < -0.3 is 4.42 Å². The first-order valence-electron chi connectivity index (χ1n) is 6.74. The van der Waals surface area contributed by atoms with E-state index in [1.165, 1.54) is 25.2 Å². The van der Waals surface area contributed by atoms with Crippen molar-refractivity contribution in [2.45, 2.75) is 39.5 Å². The third-order valence-electron chi connectivity index (χ3n) is 3.72. The van der Waals surface area contributed by atoms with Gasteiger partial charge in [-0.3, -0.25) is 4.79 Å². The van der Waals surface area contributed by atoms with Gasteiger partial charge in [-0.1, -0.05) is 18.9 Å². The van der Waals surface area contributed by atoms with Crippen molar-refractivity contribution < 1.29 is 9.21 Å². The van der Waals surface area contributed by atoms with Crippen LogP contribution in [-0.4, -0.2) is 5.78 Å². The summed E-state index contributed by atoms with van der Waals surface area (Å²) in [6.45, 7) is 3.60. The van der Waals surface area contributed by atoms with E-state index in [0.29, 0.717) is 11.5 Å². The molecule has 1 atom stereocenters. The Morgan fingerprint density at radius 3 is 2.84 bits per heavy atom. The third kappa shape index (κ3) is 3.22. The van der Waals surface area contributed by atoms with Crippen molar-refractivity contribution in [2.24, 2.45) is 5.92 Å². The van der Waals surface area contributed by atoms with E-state index in [0.717, 1.165) is 18.4 Å². The van der Waals surface area contributed by atoms with E-state index >= 15 is 0 Å². The van der Waals surface area contributed by atoms with Crippen LogP contribution in [0.25, 0.3) is 0 Å². The molecule has 1 saturated carbocycles. The SMILES string of the molecule is Cc1coc(=O)c(C(=O)/C=C/C2[CH]CCCC2)c1C. The minimum absolute atomic E-state index is 0.159. The van der Waals surface area contributed by atoms with Gasteiger partial charge in [-0.05, 0) is 56.2 Å². The molecule has 2 rings (SSSR count). The molecule has 1 heterocycles. The Kier molecular flexibility index (Phi) is 4.35. The molecule has 0 spiro atoms. The van der Waals surface area contributed by atoms with Crippen molar-refractivity contribution in [3.05, 3.63) is 51.9 Å². The van der Waals surface area contributed by atoms with Gasteiger partial charge >= 0.3 is 5.63 Å². The van der Waals surface area contributed by atoms with Crippen LogP contribution >= 0.6 is 0 Å². The Morgan fingerprint density at radius 2 is 2.16 bits per heavy atom. The van der Waals surface area contributed by atoms with Crippen molar-refractivity contribution in [1.29, 1.82) is 0 Å². The number of hydrogen-bond donors (Lipinski definition) is 0. The molecule has 1 aliphatic rings. The molecule has 0 aliphatic heterocycles. The number of hydrogen-bond acceptors (Lipinski definition) is 3. The number of carbonyl (C=O) groups is 1. The van der Waals surface area contributed by atoms with E-state index < -0.39 is 5.63 Å². The Bertz CT molecular complexity index is 546. The van der Waals surface area contributed by atoms with E-state index in [9.17, 15) is 9.59 Å². The molecule has 19 heavy (non-hydrogen) atoms. The molecule has 0 amide bonds. The lowest BCUT2D eigenvalue weighted by Crippen LogP contribution is -2.15. The van der Waals surface area contributed by atoms with Crippen molar-refractivity contribution in [3.8, 4) is 0 Å². The van der Waals surface area contributed by atoms with Crippen LogP contribution in [0, 0.1) is 26.2 Å². The predicted octanol–water partition coefficient (Wildman–Crippen LogP) is 3.39. The second-order valence-corrected chi connectivity index (χ2v) is 5.11. The lowest BCUT2D eigenvalue weighted by Gasteiger charge is -2.17. The number of ketones is 1. The zero-order valence-electron chi connectivity index (χ0n) is 11.4. The molecule has 0 aromatic carbocycles. The molecule has 1 radical (unpaired) electrons. The van der Waals surface area contributed by atoms with Gasteiger partial charge in [0, 0.05) is 0 Å². The van der Waals surface area contributed by atoms with Gasteiger partial charge in [-0.25, -0.2) is 4.79 Å². The highest BCUT2D eigenvalue weighted by Crippen LogP contribution is 2.23. The highest BCUT2D eigenvalue weighted by atomic mass is 16.4. The summed E-state index contributed by atoms with van der Waals surface area (Å²) in [5.74, 6) is 0.101. The molecule has 3 heteroatoms. The maximum Gasteiger partial charge on any atom is 0.347 e. The van der Waals surface area contributed by atoms with Crippen LogP contribution in [0.3, 0.4) is 0 Å². The molecule has 1 aromatic rings. The van der Waals surface area contributed by atoms with Gasteiger partial charge in [-0.15, -0.1) is 0 Å². The number of rotatable bonds is 3. The second kappa shape index (κ2) is 6.00. The van der Waals surface area contributed by atoms with Crippen molar-refractivity contribution in [1.82, 2.24) is 0 Å². The Hall–Kier alpha value is -1.64. The first-order valence-corrected chi connectivity index (χ1v) is 6.74. The summed E-state index contributed by atoms with van der Waals surface area (Å²) in [5.41, 5.74) is 1.14. The summed E-state index contributed by atoms with van der Waals surface area (Å²) in [4.78, 5) is 23.8.